The zero-order valence-corrected chi connectivity index (χ0v) is 16.7. The van der Waals surface area contributed by atoms with E-state index >= 15 is 0 Å². The molecule has 0 heterocycles. The van der Waals surface area contributed by atoms with Gasteiger partial charge in [0.2, 0.25) is 0 Å². The molecule has 0 bridgehead atoms. The smallest absolute Gasteiger partial charge is 0.255 e. The largest absolute Gasteiger partial charge is 0.490 e. The molecule has 1 N–H and O–H groups in total. The molecule has 0 aliphatic heterocycles. The number of nitrogens with one attached hydrogen (secondary N) is 1. The lowest BCUT2D eigenvalue weighted by atomic mass is 10.2. The average molecular weight is 426 g/mol. The Morgan fingerprint density at radius 3 is 2.22 bits per heavy atom. The lowest BCUT2D eigenvalue weighted by molar-refractivity contribution is 0.102. The first-order valence-electron chi connectivity index (χ1n) is 8.62. The van der Waals surface area contributed by atoms with Crippen molar-refractivity contribution in [1.82, 2.24) is 0 Å². The summed E-state index contributed by atoms with van der Waals surface area (Å²) >= 11 is 3.45. The second-order valence-corrected chi connectivity index (χ2v) is 7.06. The van der Waals surface area contributed by atoms with E-state index in [2.05, 4.69) is 21.2 Å². The number of carbonyl (C=O) groups excluding carboxylic acids is 1. The molecule has 5 heteroatoms. The molecule has 0 unspecified atom stereocenters. The fourth-order valence-electron chi connectivity index (χ4n) is 2.43. The van der Waals surface area contributed by atoms with Gasteiger partial charge in [-0.05, 0) is 84.4 Å². The van der Waals surface area contributed by atoms with Crippen LogP contribution >= 0.6 is 15.9 Å². The molecule has 0 fully saturated rings. The van der Waals surface area contributed by atoms with Crippen molar-refractivity contribution >= 4 is 27.5 Å². The van der Waals surface area contributed by atoms with E-state index in [0.29, 0.717) is 22.7 Å². The molecule has 3 aromatic rings. The normalized spacial score (nSPS) is 10.5. The van der Waals surface area contributed by atoms with Crippen molar-refractivity contribution in [2.24, 2.45) is 0 Å². The van der Waals surface area contributed by atoms with Crippen molar-refractivity contribution in [3.63, 3.8) is 0 Å². The Morgan fingerprint density at radius 1 is 0.926 bits per heavy atom. The Hall–Kier alpha value is -2.79. The summed E-state index contributed by atoms with van der Waals surface area (Å²) in [5.74, 6) is 1.99. The van der Waals surface area contributed by atoms with Crippen molar-refractivity contribution in [2.75, 3.05) is 5.32 Å². The first-order chi connectivity index (χ1) is 13.0. The van der Waals surface area contributed by atoms with Crippen LogP contribution in [0.4, 0.5) is 5.69 Å². The van der Waals surface area contributed by atoms with Gasteiger partial charge in [-0.1, -0.05) is 18.2 Å². The van der Waals surface area contributed by atoms with Gasteiger partial charge < -0.3 is 14.8 Å². The van der Waals surface area contributed by atoms with Gasteiger partial charge in [0.25, 0.3) is 5.91 Å². The highest BCUT2D eigenvalue weighted by atomic mass is 79.9. The van der Waals surface area contributed by atoms with E-state index in [1.807, 2.05) is 68.4 Å². The number of rotatable bonds is 6. The zero-order chi connectivity index (χ0) is 19.2. The summed E-state index contributed by atoms with van der Waals surface area (Å²) < 4.78 is 12.2. The maximum atomic E-state index is 12.5. The molecular formula is C22H20BrNO3. The monoisotopic (exact) mass is 425 g/mol. The van der Waals surface area contributed by atoms with Crippen LogP contribution in [0.15, 0.2) is 77.3 Å². The van der Waals surface area contributed by atoms with Crippen LogP contribution < -0.4 is 14.8 Å². The van der Waals surface area contributed by atoms with Crippen LogP contribution in [-0.2, 0) is 0 Å². The Morgan fingerprint density at radius 2 is 1.59 bits per heavy atom. The lowest BCUT2D eigenvalue weighted by Crippen LogP contribution is -2.12. The van der Waals surface area contributed by atoms with Crippen LogP contribution in [0.25, 0.3) is 0 Å². The van der Waals surface area contributed by atoms with Gasteiger partial charge in [0.1, 0.15) is 17.2 Å². The summed E-state index contributed by atoms with van der Waals surface area (Å²) in [4.78, 5) is 12.5. The third-order valence-electron chi connectivity index (χ3n) is 3.65. The van der Waals surface area contributed by atoms with Gasteiger partial charge in [0, 0.05) is 11.3 Å². The first-order valence-corrected chi connectivity index (χ1v) is 9.41. The van der Waals surface area contributed by atoms with Crippen LogP contribution in [0.5, 0.6) is 17.2 Å². The highest BCUT2D eigenvalue weighted by Gasteiger charge is 2.11. The van der Waals surface area contributed by atoms with Crippen molar-refractivity contribution < 1.29 is 14.3 Å². The minimum atomic E-state index is -0.191. The molecule has 0 aliphatic rings. The Labute approximate surface area is 167 Å². The molecule has 1 amide bonds. The van der Waals surface area contributed by atoms with Gasteiger partial charge in [-0.3, -0.25) is 4.79 Å². The number of ether oxygens (including phenoxy) is 2. The molecule has 3 aromatic carbocycles. The topological polar surface area (TPSA) is 47.6 Å². The molecule has 0 aromatic heterocycles. The van der Waals surface area contributed by atoms with E-state index in [0.717, 1.165) is 10.2 Å². The second-order valence-electron chi connectivity index (χ2n) is 6.21. The number of carbonyl (C=O) groups is 1. The number of halogens is 1. The van der Waals surface area contributed by atoms with E-state index in [-0.39, 0.29) is 12.0 Å². The molecule has 27 heavy (non-hydrogen) atoms. The number of hydrogen-bond donors (Lipinski definition) is 1. The molecule has 3 rings (SSSR count). The molecule has 138 valence electrons. The molecule has 0 saturated heterocycles. The highest BCUT2D eigenvalue weighted by Crippen LogP contribution is 2.28. The van der Waals surface area contributed by atoms with Gasteiger partial charge in [-0.25, -0.2) is 0 Å². The summed E-state index contributed by atoms with van der Waals surface area (Å²) in [5.41, 5.74) is 1.24. The number of benzene rings is 3. The van der Waals surface area contributed by atoms with Crippen molar-refractivity contribution in [2.45, 2.75) is 20.0 Å². The van der Waals surface area contributed by atoms with Crippen LogP contribution in [0.1, 0.15) is 24.2 Å². The SMILES string of the molecule is CC(C)Oc1ccc(C(=O)Nc2ccc(Oc3ccccc3)cc2)cc1Br. The quantitative estimate of drug-likeness (QED) is 0.505. The minimum Gasteiger partial charge on any atom is -0.490 e. The number of hydrogen-bond acceptors (Lipinski definition) is 3. The molecule has 4 nitrogen and oxygen atoms in total. The molecule has 0 spiro atoms. The van der Waals surface area contributed by atoms with E-state index in [4.69, 9.17) is 9.47 Å². The van der Waals surface area contributed by atoms with Crippen molar-refractivity contribution in [3.05, 3.63) is 82.8 Å². The van der Waals surface area contributed by atoms with Gasteiger partial charge in [0.15, 0.2) is 0 Å². The van der Waals surface area contributed by atoms with Crippen LogP contribution in [0.2, 0.25) is 0 Å². The third kappa shape index (κ3) is 5.34. The Bertz CT molecular complexity index is 909. The standard InChI is InChI=1S/C22H20BrNO3/c1-15(2)26-21-13-8-16(14-20(21)23)22(25)24-17-9-11-19(12-10-17)27-18-6-4-3-5-7-18/h3-15H,1-2H3,(H,24,25). The highest BCUT2D eigenvalue weighted by molar-refractivity contribution is 9.10. The predicted octanol–water partition coefficient (Wildman–Crippen LogP) is 6.28. The molecule has 0 aliphatic carbocycles. The van der Waals surface area contributed by atoms with E-state index in [9.17, 15) is 4.79 Å². The number of para-hydroxylation sites is 1. The molecule has 0 saturated carbocycles. The second kappa shape index (κ2) is 8.73. The van der Waals surface area contributed by atoms with E-state index in [1.54, 1.807) is 18.2 Å². The van der Waals surface area contributed by atoms with Gasteiger partial charge in [-0.2, -0.15) is 0 Å². The van der Waals surface area contributed by atoms with Gasteiger partial charge in [-0.15, -0.1) is 0 Å². The number of amides is 1. The maximum absolute atomic E-state index is 12.5. The fraction of sp³-hybridized carbons (Fsp3) is 0.136. The summed E-state index contributed by atoms with van der Waals surface area (Å²) in [5, 5.41) is 2.88. The first kappa shape index (κ1) is 19.0. The van der Waals surface area contributed by atoms with Crippen LogP contribution in [0, 0.1) is 0 Å². The maximum Gasteiger partial charge on any atom is 0.255 e. The summed E-state index contributed by atoms with van der Waals surface area (Å²) in [6.45, 7) is 3.91. The van der Waals surface area contributed by atoms with Gasteiger partial charge >= 0.3 is 0 Å². The number of anilines is 1. The molecular weight excluding hydrogens is 406 g/mol. The third-order valence-corrected chi connectivity index (χ3v) is 4.27. The molecule has 0 radical (unpaired) electrons. The van der Waals surface area contributed by atoms with Crippen LogP contribution in [-0.4, -0.2) is 12.0 Å². The van der Waals surface area contributed by atoms with Crippen molar-refractivity contribution in [3.8, 4) is 17.2 Å². The van der Waals surface area contributed by atoms with Gasteiger partial charge in [0.05, 0.1) is 10.6 Å². The zero-order valence-electron chi connectivity index (χ0n) is 15.1. The minimum absolute atomic E-state index is 0.0672. The van der Waals surface area contributed by atoms with Crippen molar-refractivity contribution in [1.29, 1.82) is 0 Å². The lowest BCUT2D eigenvalue weighted by Gasteiger charge is -2.12. The van der Waals surface area contributed by atoms with E-state index in [1.165, 1.54) is 0 Å². The fourth-order valence-corrected chi connectivity index (χ4v) is 2.90. The van der Waals surface area contributed by atoms with Crippen LogP contribution in [0.3, 0.4) is 0 Å². The average Bonchev–Trinajstić information content (AvgIpc) is 2.65. The summed E-state index contributed by atoms with van der Waals surface area (Å²) in [6.07, 6.45) is 0.0672. The summed E-state index contributed by atoms with van der Waals surface area (Å²) in [7, 11) is 0. The predicted molar refractivity (Wildman–Crippen MR) is 111 cm³/mol. The Balaban J connectivity index is 1.64. The summed E-state index contributed by atoms with van der Waals surface area (Å²) in [6, 6.07) is 22.1. The van der Waals surface area contributed by atoms with E-state index < -0.39 is 0 Å². The molecule has 0 atom stereocenters. The Kier molecular flexibility index (Phi) is 6.14.